The van der Waals surface area contributed by atoms with Crippen LogP contribution in [0.1, 0.15) is 25.8 Å². The van der Waals surface area contributed by atoms with Gasteiger partial charge in [0.25, 0.3) is 0 Å². The SMILES string of the molecule is CC(C)NCc1cc(OCCCn2ccnc2)ccc1Br. The Morgan fingerprint density at radius 1 is 1.38 bits per heavy atom. The maximum absolute atomic E-state index is 5.82. The molecule has 0 saturated carbocycles. The van der Waals surface area contributed by atoms with E-state index in [9.17, 15) is 0 Å². The fourth-order valence-corrected chi connectivity index (χ4v) is 2.33. The first-order valence-electron chi connectivity index (χ1n) is 7.25. The first kappa shape index (κ1) is 16.0. The lowest BCUT2D eigenvalue weighted by Crippen LogP contribution is -2.22. The number of nitrogens with one attached hydrogen (secondary N) is 1. The fraction of sp³-hybridized carbons (Fsp3) is 0.438. The van der Waals surface area contributed by atoms with Gasteiger partial charge in [-0.2, -0.15) is 0 Å². The van der Waals surface area contributed by atoms with Crippen LogP contribution < -0.4 is 10.1 Å². The van der Waals surface area contributed by atoms with Crippen molar-refractivity contribution < 1.29 is 4.74 Å². The lowest BCUT2D eigenvalue weighted by atomic mass is 10.2. The standard InChI is InChI=1S/C16H22BrN3O/c1-13(2)19-11-14-10-15(4-5-16(14)17)21-9-3-7-20-8-6-18-12-20/h4-6,8,10,12-13,19H,3,7,9,11H2,1-2H3. The molecule has 0 unspecified atom stereocenters. The number of rotatable bonds is 8. The summed E-state index contributed by atoms with van der Waals surface area (Å²) in [6.07, 6.45) is 6.56. The normalized spacial score (nSPS) is 11.0. The number of halogens is 1. The Morgan fingerprint density at radius 3 is 2.95 bits per heavy atom. The number of hydrogen-bond acceptors (Lipinski definition) is 3. The third-order valence-electron chi connectivity index (χ3n) is 3.11. The van der Waals surface area contributed by atoms with E-state index in [2.05, 4.69) is 50.7 Å². The summed E-state index contributed by atoms with van der Waals surface area (Å²) in [5.41, 5.74) is 1.22. The van der Waals surface area contributed by atoms with Gasteiger partial charge in [-0.3, -0.25) is 0 Å². The zero-order valence-electron chi connectivity index (χ0n) is 12.6. The summed E-state index contributed by atoms with van der Waals surface area (Å²) in [5.74, 6) is 0.921. The first-order chi connectivity index (χ1) is 10.1. The third kappa shape index (κ3) is 5.52. The second-order valence-corrected chi connectivity index (χ2v) is 6.15. The molecule has 1 heterocycles. The molecule has 0 amide bonds. The van der Waals surface area contributed by atoms with Gasteiger partial charge in [0.2, 0.25) is 0 Å². The van der Waals surface area contributed by atoms with Crippen LogP contribution in [0.5, 0.6) is 5.75 Å². The van der Waals surface area contributed by atoms with Crippen molar-refractivity contribution in [3.63, 3.8) is 0 Å². The fourth-order valence-electron chi connectivity index (χ4n) is 1.95. The quantitative estimate of drug-likeness (QED) is 0.738. The van der Waals surface area contributed by atoms with Crippen LogP contribution >= 0.6 is 15.9 Å². The van der Waals surface area contributed by atoms with Crippen LogP contribution in [-0.2, 0) is 13.1 Å². The second-order valence-electron chi connectivity index (χ2n) is 5.29. The molecule has 2 aromatic rings. The van der Waals surface area contributed by atoms with Crippen LogP contribution in [0.3, 0.4) is 0 Å². The molecule has 1 N–H and O–H groups in total. The minimum atomic E-state index is 0.469. The molecule has 5 heteroatoms. The van der Waals surface area contributed by atoms with Crippen LogP contribution in [0.15, 0.2) is 41.4 Å². The maximum Gasteiger partial charge on any atom is 0.119 e. The van der Waals surface area contributed by atoms with E-state index in [4.69, 9.17) is 4.74 Å². The van der Waals surface area contributed by atoms with Crippen LogP contribution in [0, 0.1) is 0 Å². The van der Waals surface area contributed by atoms with Gasteiger partial charge >= 0.3 is 0 Å². The lowest BCUT2D eigenvalue weighted by Gasteiger charge is -2.12. The number of ether oxygens (including phenoxy) is 1. The van der Waals surface area contributed by atoms with Crippen molar-refractivity contribution in [1.29, 1.82) is 0 Å². The Hall–Kier alpha value is -1.33. The predicted octanol–water partition coefficient (Wildman–Crippen LogP) is 3.61. The summed E-state index contributed by atoms with van der Waals surface area (Å²) in [6.45, 7) is 6.76. The van der Waals surface area contributed by atoms with Crippen molar-refractivity contribution in [3.05, 3.63) is 47.0 Å². The van der Waals surface area contributed by atoms with Gasteiger partial charge in [-0.1, -0.05) is 29.8 Å². The minimum absolute atomic E-state index is 0.469. The molecule has 0 spiro atoms. The van der Waals surface area contributed by atoms with Crippen molar-refractivity contribution in [2.75, 3.05) is 6.61 Å². The number of aryl methyl sites for hydroxylation is 1. The molecule has 1 aromatic heterocycles. The number of hydrogen-bond donors (Lipinski definition) is 1. The Kier molecular flexibility index (Phi) is 6.26. The van der Waals surface area contributed by atoms with Gasteiger partial charge in [0, 0.05) is 36.0 Å². The molecular formula is C16H22BrN3O. The van der Waals surface area contributed by atoms with E-state index < -0.39 is 0 Å². The number of aromatic nitrogens is 2. The molecule has 21 heavy (non-hydrogen) atoms. The van der Waals surface area contributed by atoms with E-state index in [1.54, 1.807) is 6.20 Å². The zero-order valence-corrected chi connectivity index (χ0v) is 14.1. The molecule has 0 radical (unpaired) electrons. The summed E-state index contributed by atoms with van der Waals surface area (Å²) < 4.78 is 9.00. The minimum Gasteiger partial charge on any atom is -0.494 e. The number of nitrogens with zero attached hydrogens (tertiary/aromatic N) is 2. The van der Waals surface area contributed by atoms with Gasteiger partial charge in [-0.25, -0.2) is 4.98 Å². The van der Waals surface area contributed by atoms with E-state index in [1.807, 2.05) is 24.7 Å². The molecule has 0 bridgehead atoms. The largest absolute Gasteiger partial charge is 0.494 e. The van der Waals surface area contributed by atoms with Crippen LogP contribution in [0.4, 0.5) is 0 Å². The second kappa shape index (κ2) is 8.20. The zero-order chi connectivity index (χ0) is 15.1. The van der Waals surface area contributed by atoms with E-state index in [0.29, 0.717) is 12.6 Å². The Balaban J connectivity index is 1.81. The highest BCUT2D eigenvalue weighted by molar-refractivity contribution is 9.10. The van der Waals surface area contributed by atoms with E-state index in [-0.39, 0.29) is 0 Å². The first-order valence-corrected chi connectivity index (χ1v) is 8.05. The molecule has 0 fully saturated rings. The van der Waals surface area contributed by atoms with Crippen molar-refractivity contribution in [2.24, 2.45) is 0 Å². The predicted molar refractivity (Wildman–Crippen MR) is 88.5 cm³/mol. The van der Waals surface area contributed by atoms with Crippen LogP contribution in [0.2, 0.25) is 0 Å². The van der Waals surface area contributed by atoms with Crippen molar-refractivity contribution in [1.82, 2.24) is 14.9 Å². The lowest BCUT2D eigenvalue weighted by molar-refractivity contribution is 0.301. The Bertz CT molecular complexity index is 540. The molecule has 0 aliphatic carbocycles. The molecule has 2 rings (SSSR count). The van der Waals surface area contributed by atoms with Crippen molar-refractivity contribution in [3.8, 4) is 5.75 Å². The smallest absolute Gasteiger partial charge is 0.119 e. The average molecular weight is 352 g/mol. The molecule has 0 aliphatic heterocycles. The highest BCUT2D eigenvalue weighted by atomic mass is 79.9. The van der Waals surface area contributed by atoms with Gasteiger partial charge in [0.05, 0.1) is 12.9 Å². The molecule has 114 valence electrons. The van der Waals surface area contributed by atoms with Gasteiger partial charge in [0.1, 0.15) is 5.75 Å². The molecule has 0 aliphatic rings. The average Bonchev–Trinajstić information content (AvgIpc) is 2.97. The van der Waals surface area contributed by atoms with Gasteiger partial charge in [0.15, 0.2) is 0 Å². The van der Waals surface area contributed by atoms with Gasteiger partial charge in [-0.05, 0) is 30.2 Å². The highest BCUT2D eigenvalue weighted by Gasteiger charge is 2.04. The molecule has 4 nitrogen and oxygen atoms in total. The van der Waals surface area contributed by atoms with E-state index >= 15 is 0 Å². The van der Waals surface area contributed by atoms with Gasteiger partial charge in [-0.15, -0.1) is 0 Å². The molecule has 0 atom stereocenters. The number of benzene rings is 1. The van der Waals surface area contributed by atoms with Crippen LogP contribution in [0.25, 0.3) is 0 Å². The summed E-state index contributed by atoms with van der Waals surface area (Å²) >= 11 is 3.58. The topological polar surface area (TPSA) is 39.1 Å². The molecule has 1 aromatic carbocycles. The molecule has 0 saturated heterocycles. The van der Waals surface area contributed by atoms with Crippen LogP contribution in [-0.4, -0.2) is 22.2 Å². The Morgan fingerprint density at radius 2 is 2.24 bits per heavy atom. The summed E-state index contributed by atoms with van der Waals surface area (Å²) in [7, 11) is 0. The van der Waals surface area contributed by atoms with Gasteiger partial charge < -0.3 is 14.6 Å². The Labute approximate surface area is 134 Å². The van der Waals surface area contributed by atoms with Crippen molar-refractivity contribution >= 4 is 15.9 Å². The van der Waals surface area contributed by atoms with E-state index in [1.165, 1.54) is 5.56 Å². The summed E-state index contributed by atoms with van der Waals surface area (Å²) in [4.78, 5) is 4.02. The van der Waals surface area contributed by atoms with Crippen molar-refractivity contribution in [2.45, 2.75) is 39.4 Å². The highest BCUT2D eigenvalue weighted by Crippen LogP contribution is 2.22. The maximum atomic E-state index is 5.82. The summed E-state index contributed by atoms with van der Waals surface area (Å²) in [5, 5.41) is 3.42. The number of imidazole rings is 1. The summed E-state index contributed by atoms with van der Waals surface area (Å²) in [6, 6.07) is 6.61. The van der Waals surface area contributed by atoms with E-state index in [0.717, 1.165) is 29.7 Å². The third-order valence-corrected chi connectivity index (χ3v) is 3.88. The molecular weight excluding hydrogens is 330 g/mol. The monoisotopic (exact) mass is 351 g/mol.